The van der Waals surface area contributed by atoms with E-state index >= 15 is 0 Å². The van der Waals surface area contributed by atoms with Gasteiger partial charge in [-0.25, -0.2) is 4.79 Å². The highest BCUT2D eigenvalue weighted by atomic mass is 16.7. The zero-order valence-electron chi connectivity index (χ0n) is 12.0. The van der Waals surface area contributed by atoms with E-state index < -0.39 is 6.16 Å². The third-order valence-electron chi connectivity index (χ3n) is 3.11. The molecule has 0 fully saturated rings. The molecule has 19 heavy (non-hydrogen) atoms. The molecule has 0 N–H and O–H groups in total. The number of rotatable bonds is 8. The van der Waals surface area contributed by atoms with Crippen molar-refractivity contribution in [3.05, 3.63) is 29.8 Å². The summed E-state index contributed by atoms with van der Waals surface area (Å²) in [6.07, 6.45) is 8.25. The smallest absolute Gasteiger partial charge is 0.437 e. The molecule has 1 aromatic carbocycles. The van der Waals surface area contributed by atoms with Gasteiger partial charge >= 0.3 is 6.16 Å². The van der Waals surface area contributed by atoms with Crippen molar-refractivity contribution >= 4 is 6.16 Å². The summed E-state index contributed by atoms with van der Waals surface area (Å²) in [6, 6.07) is 7.63. The summed E-state index contributed by atoms with van der Waals surface area (Å²) in [5.74, 6) is 0.526. The van der Waals surface area contributed by atoms with Gasteiger partial charge in [0.25, 0.3) is 0 Å². The molecule has 0 aromatic heterocycles. The molecule has 3 nitrogen and oxygen atoms in total. The van der Waals surface area contributed by atoms with Gasteiger partial charge in [-0.05, 0) is 30.5 Å². The Morgan fingerprint density at radius 1 is 1.00 bits per heavy atom. The quantitative estimate of drug-likeness (QED) is 0.386. The van der Waals surface area contributed by atoms with Gasteiger partial charge in [0.15, 0.2) is 0 Å². The highest BCUT2D eigenvalue weighted by Gasteiger charge is 2.02. The van der Waals surface area contributed by atoms with Crippen molar-refractivity contribution in [2.24, 2.45) is 0 Å². The van der Waals surface area contributed by atoms with Crippen LogP contribution in [0, 0.1) is 0 Å². The Hall–Kier alpha value is -1.51. The third-order valence-corrected chi connectivity index (χ3v) is 3.11. The van der Waals surface area contributed by atoms with Gasteiger partial charge in [0.05, 0.1) is 7.11 Å². The summed E-state index contributed by atoms with van der Waals surface area (Å²) >= 11 is 0. The van der Waals surface area contributed by atoms with Gasteiger partial charge in [-0.2, -0.15) is 0 Å². The van der Waals surface area contributed by atoms with E-state index in [0.717, 1.165) is 6.42 Å². The molecular weight excluding hydrogens is 240 g/mol. The van der Waals surface area contributed by atoms with E-state index in [1.54, 1.807) is 0 Å². The molecule has 0 aliphatic carbocycles. The maximum absolute atomic E-state index is 10.9. The summed E-state index contributed by atoms with van der Waals surface area (Å²) in [6.45, 7) is 2.23. The highest BCUT2D eigenvalue weighted by molar-refractivity contribution is 5.63. The van der Waals surface area contributed by atoms with Crippen LogP contribution in [0.15, 0.2) is 24.3 Å². The van der Waals surface area contributed by atoms with Crippen molar-refractivity contribution in [3.8, 4) is 5.75 Å². The van der Waals surface area contributed by atoms with Gasteiger partial charge in [-0.15, -0.1) is 0 Å². The topological polar surface area (TPSA) is 35.5 Å². The molecule has 0 saturated carbocycles. The number of hydrogen-bond donors (Lipinski definition) is 0. The maximum atomic E-state index is 10.9. The average Bonchev–Trinajstić information content (AvgIpc) is 2.44. The van der Waals surface area contributed by atoms with Crippen LogP contribution in [0.2, 0.25) is 0 Å². The first-order valence-electron chi connectivity index (χ1n) is 7.11. The van der Waals surface area contributed by atoms with Crippen molar-refractivity contribution in [2.75, 3.05) is 7.11 Å². The number of aryl methyl sites for hydroxylation is 1. The van der Waals surface area contributed by atoms with Crippen LogP contribution in [0.3, 0.4) is 0 Å². The first kappa shape index (κ1) is 15.5. The summed E-state index contributed by atoms with van der Waals surface area (Å²) < 4.78 is 9.36. The number of unbranched alkanes of at least 4 members (excludes halogenated alkanes) is 5. The molecular formula is C16H24O3. The SMILES string of the molecule is CCCCCCCCc1ccc(OC(=O)OC)cc1. The predicted octanol–water partition coefficient (Wildman–Crippen LogP) is 4.73. The van der Waals surface area contributed by atoms with Gasteiger partial charge in [-0.1, -0.05) is 51.2 Å². The van der Waals surface area contributed by atoms with Crippen LogP contribution in [0.1, 0.15) is 51.0 Å². The molecule has 1 aromatic rings. The van der Waals surface area contributed by atoms with Crippen molar-refractivity contribution in [3.63, 3.8) is 0 Å². The molecule has 0 bridgehead atoms. The van der Waals surface area contributed by atoms with Crippen molar-refractivity contribution in [2.45, 2.75) is 51.9 Å². The van der Waals surface area contributed by atoms with Crippen LogP contribution in [0.25, 0.3) is 0 Å². The summed E-state index contributed by atoms with van der Waals surface area (Å²) in [4.78, 5) is 10.9. The Balaban J connectivity index is 2.22. The fraction of sp³-hybridized carbons (Fsp3) is 0.562. The molecule has 0 saturated heterocycles. The molecule has 0 heterocycles. The number of ether oxygens (including phenoxy) is 2. The standard InChI is InChI=1S/C16H24O3/c1-3-4-5-6-7-8-9-14-10-12-15(13-11-14)19-16(17)18-2/h10-13H,3-9H2,1-2H3. The normalized spacial score (nSPS) is 10.2. The fourth-order valence-corrected chi connectivity index (χ4v) is 1.97. The minimum Gasteiger partial charge on any atom is -0.437 e. The first-order chi connectivity index (χ1) is 9.26. The van der Waals surface area contributed by atoms with Gasteiger partial charge in [0, 0.05) is 0 Å². The first-order valence-corrected chi connectivity index (χ1v) is 7.11. The molecule has 0 aliphatic rings. The molecule has 0 unspecified atom stereocenters. The molecule has 1 rings (SSSR count). The molecule has 0 spiro atoms. The van der Waals surface area contributed by atoms with E-state index in [1.807, 2.05) is 24.3 Å². The Kier molecular flexibility index (Phi) is 7.71. The lowest BCUT2D eigenvalue weighted by molar-refractivity contribution is 0.121. The van der Waals surface area contributed by atoms with E-state index in [0.29, 0.717) is 5.75 Å². The minimum absolute atomic E-state index is 0.526. The van der Waals surface area contributed by atoms with E-state index in [-0.39, 0.29) is 0 Å². The van der Waals surface area contributed by atoms with Gasteiger partial charge in [0.2, 0.25) is 0 Å². The molecule has 3 heteroatoms. The fourth-order valence-electron chi connectivity index (χ4n) is 1.97. The predicted molar refractivity (Wildman–Crippen MR) is 76.6 cm³/mol. The Morgan fingerprint density at radius 2 is 1.63 bits per heavy atom. The molecule has 106 valence electrons. The number of carbonyl (C=O) groups excluding carboxylic acids is 1. The molecule has 0 aliphatic heterocycles. The summed E-state index contributed by atoms with van der Waals surface area (Å²) in [5.41, 5.74) is 1.28. The number of methoxy groups -OCH3 is 1. The van der Waals surface area contributed by atoms with E-state index in [4.69, 9.17) is 4.74 Å². The molecule has 0 atom stereocenters. The second-order valence-electron chi connectivity index (χ2n) is 4.72. The maximum Gasteiger partial charge on any atom is 0.513 e. The van der Waals surface area contributed by atoms with Crippen LogP contribution in [0.5, 0.6) is 5.75 Å². The lowest BCUT2D eigenvalue weighted by atomic mass is 10.1. The lowest BCUT2D eigenvalue weighted by Crippen LogP contribution is -2.07. The second kappa shape index (κ2) is 9.42. The van der Waals surface area contributed by atoms with Crippen LogP contribution in [-0.2, 0) is 11.2 Å². The number of benzene rings is 1. The highest BCUT2D eigenvalue weighted by Crippen LogP contribution is 2.15. The second-order valence-corrected chi connectivity index (χ2v) is 4.72. The lowest BCUT2D eigenvalue weighted by Gasteiger charge is -2.05. The number of hydrogen-bond acceptors (Lipinski definition) is 3. The van der Waals surface area contributed by atoms with Crippen molar-refractivity contribution < 1.29 is 14.3 Å². The molecule has 0 amide bonds. The van der Waals surface area contributed by atoms with Crippen LogP contribution < -0.4 is 4.74 Å². The van der Waals surface area contributed by atoms with Crippen molar-refractivity contribution in [1.82, 2.24) is 0 Å². The van der Waals surface area contributed by atoms with Gasteiger partial charge in [-0.3, -0.25) is 0 Å². The zero-order valence-corrected chi connectivity index (χ0v) is 12.0. The van der Waals surface area contributed by atoms with Crippen LogP contribution in [0.4, 0.5) is 4.79 Å². The molecule has 0 radical (unpaired) electrons. The third kappa shape index (κ3) is 6.85. The Morgan fingerprint density at radius 3 is 2.26 bits per heavy atom. The van der Waals surface area contributed by atoms with Crippen LogP contribution in [-0.4, -0.2) is 13.3 Å². The average molecular weight is 264 g/mol. The summed E-state index contributed by atoms with van der Waals surface area (Å²) in [7, 11) is 1.30. The summed E-state index contributed by atoms with van der Waals surface area (Å²) in [5, 5.41) is 0. The largest absolute Gasteiger partial charge is 0.513 e. The minimum atomic E-state index is -0.677. The Bertz CT molecular complexity index is 357. The van der Waals surface area contributed by atoms with E-state index in [1.165, 1.54) is 51.2 Å². The monoisotopic (exact) mass is 264 g/mol. The van der Waals surface area contributed by atoms with E-state index in [9.17, 15) is 4.79 Å². The van der Waals surface area contributed by atoms with Crippen LogP contribution >= 0.6 is 0 Å². The zero-order chi connectivity index (χ0) is 13.9. The van der Waals surface area contributed by atoms with Gasteiger partial charge < -0.3 is 9.47 Å². The van der Waals surface area contributed by atoms with Crippen molar-refractivity contribution in [1.29, 1.82) is 0 Å². The number of carbonyl (C=O) groups is 1. The van der Waals surface area contributed by atoms with E-state index in [2.05, 4.69) is 11.7 Å². The Labute approximate surface area is 115 Å². The van der Waals surface area contributed by atoms with Gasteiger partial charge in [0.1, 0.15) is 5.75 Å².